The third-order valence-corrected chi connectivity index (χ3v) is 3.69. The first kappa shape index (κ1) is 17.5. The van der Waals surface area contributed by atoms with Gasteiger partial charge in [0.1, 0.15) is 6.04 Å². The second-order valence-corrected chi connectivity index (χ2v) is 5.25. The van der Waals surface area contributed by atoms with Crippen molar-refractivity contribution >= 4 is 23.8 Å². The molecule has 2 atom stereocenters. The SMILES string of the molecule is COC(=O)C1NC(=O)CN(Cc2ccccc2)C(=O)C1C(=O)OC. The van der Waals surface area contributed by atoms with E-state index in [1.807, 2.05) is 6.07 Å². The van der Waals surface area contributed by atoms with Crippen LogP contribution in [0, 0.1) is 5.92 Å². The van der Waals surface area contributed by atoms with Gasteiger partial charge < -0.3 is 19.7 Å². The molecule has 1 saturated heterocycles. The summed E-state index contributed by atoms with van der Waals surface area (Å²) in [6.07, 6.45) is 0. The van der Waals surface area contributed by atoms with Gasteiger partial charge in [-0.05, 0) is 5.56 Å². The Labute approximate surface area is 138 Å². The van der Waals surface area contributed by atoms with Gasteiger partial charge in [-0.2, -0.15) is 0 Å². The maximum absolute atomic E-state index is 12.8. The molecular weight excluding hydrogens is 316 g/mol. The standard InChI is InChI=1S/C16H18N2O6/c1-23-15(21)12-13(16(22)24-2)17-11(19)9-18(14(12)20)8-10-6-4-3-5-7-10/h3-7,12-13H,8-9H2,1-2H3,(H,17,19). The highest BCUT2D eigenvalue weighted by Gasteiger charge is 2.46. The Kier molecular flexibility index (Phi) is 5.51. The van der Waals surface area contributed by atoms with Crippen molar-refractivity contribution in [3.05, 3.63) is 35.9 Å². The molecule has 8 heteroatoms. The van der Waals surface area contributed by atoms with Crippen LogP contribution in [0.4, 0.5) is 0 Å². The smallest absolute Gasteiger partial charge is 0.329 e. The van der Waals surface area contributed by atoms with Gasteiger partial charge in [0.05, 0.1) is 20.8 Å². The number of nitrogens with one attached hydrogen (secondary N) is 1. The van der Waals surface area contributed by atoms with Crippen LogP contribution in [0.1, 0.15) is 5.56 Å². The molecule has 0 aliphatic carbocycles. The Balaban J connectivity index is 2.34. The highest BCUT2D eigenvalue weighted by atomic mass is 16.5. The second-order valence-electron chi connectivity index (χ2n) is 5.25. The lowest BCUT2D eigenvalue weighted by Gasteiger charge is -2.24. The minimum Gasteiger partial charge on any atom is -0.468 e. The molecule has 0 aromatic heterocycles. The molecular formula is C16H18N2O6. The predicted molar refractivity (Wildman–Crippen MR) is 81.3 cm³/mol. The number of ether oxygens (including phenoxy) is 2. The van der Waals surface area contributed by atoms with Gasteiger partial charge in [-0.25, -0.2) is 4.79 Å². The molecule has 0 bridgehead atoms. The number of carbonyl (C=O) groups is 4. The van der Waals surface area contributed by atoms with E-state index in [-0.39, 0.29) is 13.1 Å². The number of hydrogen-bond acceptors (Lipinski definition) is 6. The molecule has 1 aromatic carbocycles. The van der Waals surface area contributed by atoms with E-state index in [4.69, 9.17) is 0 Å². The van der Waals surface area contributed by atoms with Gasteiger partial charge in [0.15, 0.2) is 5.92 Å². The zero-order chi connectivity index (χ0) is 17.7. The summed E-state index contributed by atoms with van der Waals surface area (Å²) >= 11 is 0. The first-order valence-electron chi connectivity index (χ1n) is 7.25. The minimum atomic E-state index is -1.49. The van der Waals surface area contributed by atoms with Gasteiger partial charge in [0.25, 0.3) is 0 Å². The van der Waals surface area contributed by atoms with Crippen molar-refractivity contribution in [2.45, 2.75) is 12.6 Å². The van der Waals surface area contributed by atoms with Crippen LogP contribution in [-0.2, 0) is 35.2 Å². The number of carbonyl (C=O) groups excluding carboxylic acids is 4. The molecule has 0 saturated carbocycles. The number of benzene rings is 1. The molecule has 2 rings (SSSR count). The Bertz CT molecular complexity index is 645. The van der Waals surface area contributed by atoms with Crippen LogP contribution in [0.25, 0.3) is 0 Å². The molecule has 8 nitrogen and oxygen atoms in total. The maximum atomic E-state index is 12.8. The average molecular weight is 334 g/mol. The molecule has 1 aliphatic rings. The van der Waals surface area contributed by atoms with Crippen LogP contribution >= 0.6 is 0 Å². The minimum absolute atomic E-state index is 0.133. The number of amides is 2. The van der Waals surface area contributed by atoms with Gasteiger partial charge in [-0.1, -0.05) is 30.3 Å². The van der Waals surface area contributed by atoms with E-state index < -0.39 is 35.7 Å². The molecule has 128 valence electrons. The summed E-state index contributed by atoms with van der Waals surface area (Å²) in [5, 5.41) is 2.36. The van der Waals surface area contributed by atoms with Crippen molar-refractivity contribution in [1.29, 1.82) is 0 Å². The Morgan fingerprint density at radius 3 is 2.33 bits per heavy atom. The summed E-state index contributed by atoms with van der Waals surface area (Å²) in [6, 6.07) is 7.59. The molecule has 1 aliphatic heterocycles. The van der Waals surface area contributed by atoms with E-state index in [1.165, 1.54) is 4.90 Å². The van der Waals surface area contributed by atoms with Crippen molar-refractivity contribution in [3.8, 4) is 0 Å². The van der Waals surface area contributed by atoms with Crippen molar-refractivity contribution in [1.82, 2.24) is 10.2 Å². The van der Waals surface area contributed by atoms with Crippen LogP contribution < -0.4 is 5.32 Å². The molecule has 2 amide bonds. The van der Waals surface area contributed by atoms with Gasteiger partial charge in [-0.3, -0.25) is 14.4 Å². The molecule has 1 heterocycles. The molecule has 0 radical (unpaired) electrons. The van der Waals surface area contributed by atoms with Crippen molar-refractivity contribution in [3.63, 3.8) is 0 Å². The second kappa shape index (κ2) is 7.58. The molecule has 1 fully saturated rings. The third-order valence-electron chi connectivity index (χ3n) is 3.69. The Morgan fingerprint density at radius 1 is 1.12 bits per heavy atom. The number of nitrogens with zero attached hydrogens (tertiary/aromatic N) is 1. The third kappa shape index (κ3) is 3.70. The van der Waals surface area contributed by atoms with E-state index in [0.717, 1.165) is 19.8 Å². The summed E-state index contributed by atoms with van der Waals surface area (Å²) < 4.78 is 9.22. The molecule has 1 N–H and O–H groups in total. The topological polar surface area (TPSA) is 102 Å². The Hall–Kier alpha value is -2.90. The van der Waals surface area contributed by atoms with E-state index in [2.05, 4.69) is 14.8 Å². The van der Waals surface area contributed by atoms with Crippen LogP contribution in [0.2, 0.25) is 0 Å². The fourth-order valence-corrected chi connectivity index (χ4v) is 2.52. The number of methoxy groups -OCH3 is 2. The van der Waals surface area contributed by atoms with Crippen LogP contribution in [0.3, 0.4) is 0 Å². The van der Waals surface area contributed by atoms with Crippen LogP contribution in [0.15, 0.2) is 30.3 Å². The Morgan fingerprint density at radius 2 is 1.75 bits per heavy atom. The van der Waals surface area contributed by atoms with Crippen LogP contribution in [0.5, 0.6) is 0 Å². The molecule has 1 aromatic rings. The van der Waals surface area contributed by atoms with Gasteiger partial charge >= 0.3 is 11.9 Å². The van der Waals surface area contributed by atoms with E-state index in [1.54, 1.807) is 24.3 Å². The quantitative estimate of drug-likeness (QED) is 0.587. The number of hydrogen-bond donors (Lipinski definition) is 1. The van der Waals surface area contributed by atoms with E-state index in [9.17, 15) is 19.2 Å². The fraction of sp³-hybridized carbons (Fsp3) is 0.375. The lowest BCUT2D eigenvalue weighted by Crippen LogP contribution is -2.51. The normalized spacial score (nSPS) is 20.8. The highest BCUT2D eigenvalue weighted by Crippen LogP contribution is 2.18. The van der Waals surface area contributed by atoms with Crippen molar-refractivity contribution in [2.75, 3.05) is 20.8 Å². The summed E-state index contributed by atoms with van der Waals surface area (Å²) in [5.74, 6) is -4.50. The summed E-state index contributed by atoms with van der Waals surface area (Å²) in [6.45, 7) is -0.136. The first-order chi connectivity index (χ1) is 11.5. The first-order valence-corrected chi connectivity index (χ1v) is 7.25. The van der Waals surface area contributed by atoms with E-state index >= 15 is 0 Å². The molecule has 0 spiro atoms. The monoisotopic (exact) mass is 334 g/mol. The molecule has 2 unspecified atom stereocenters. The zero-order valence-electron chi connectivity index (χ0n) is 13.4. The lowest BCUT2D eigenvalue weighted by molar-refractivity contribution is -0.160. The summed E-state index contributed by atoms with van der Waals surface area (Å²) in [7, 11) is 2.22. The lowest BCUT2D eigenvalue weighted by atomic mass is 9.98. The van der Waals surface area contributed by atoms with Crippen molar-refractivity contribution < 1.29 is 28.7 Å². The largest absolute Gasteiger partial charge is 0.468 e. The number of esters is 2. The van der Waals surface area contributed by atoms with Gasteiger partial charge in [0.2, 0.25) is 11.8 Å². The highest BCUT2D eigenvalue weighted by molar-refractivity contribution is 6.06. The predicted octanol–water partition coefficient (Wildman–Crippen LogP) is -0.524. The van der Waals surface area contributed by atoms with Crippen molar-refractivity contribution in [2.24, 2.45) is 5.92 Å². The van der Waals surface area contributed by atoms with Gasteiger partial charge in [-0.15, -0.1) is 0 Å². The number of rotatable bonds is 4. The fourth-order valence-electron chi connectivity index (χ4n) is 2.52. The van der Waals surface area contributed by atoms with Crippen LogP contribution in [-0.4, -0.2) is 55.5 Å². The van der Waals surface area contributed by atoms with E-state index in [0.29, 0.717) is 0 Å². The maximum Gasteiger partial charge on any atom is 0.329 e. The average Bonchev–Trinajstić information content (AvgIpc) is 2.71. The molecule has 24 heavy (non-hydrogen) atoms. The summed E-state index contributed by atoms with van der Waals surface area (Å²) in [4.78, 5) is 49.9. The zero-order valence-corrected chi connectivity index (χ0v) is 13.4. The summed E-state index contributed by atoms with van der Waals surface area (Å²) in [5.41, 5.74) is 0.791. The van der Waals surface area contributed by atoms with Gasteiger partial charge in [0, 0.05) is 6.54 Å².